The zero-order valence-corrected chi connectivity index (χ0v) is 13.2. The van der Waals surface area contributed by atoms with Crippen molar-refractivity contribution in [3.05, 3.63) is 57.9 Å². The Hall–Kier alpha value is -1.91. The fourth-order valence-corrected chi connectivity index (χ4v) is 3.68. The van der Waals surface area contributed by atoms with Gasteiger partial charge in [-0.25, -0.2) is 0 Å². The zero-order chi connectivity index (χ0) is 14.8. The number of thiophene rings is 1. The van der Waals surface area contributed by atoms with Crippen LogP contribution in [0.15, 0.2) is 41.8 Å². The smallest absolute Gasteiger partial charge is 0.109 e. The summed E-state index contributed by atoms with van der Waals surface area (Å²) in [5.74, 6) is 0. The summed E-state index contributed by atoms with van der Waals surface area (Å²) in [6, 6.07) is 12.4. The van der Waals surface area contributed by atoms with Gasteiger partial charge in [-0.05, 0) is 48.8 Å². The SMILES string of the molecule is c1csc(CONc2c3c(nc4ccccc24)CCCC3)c1. The molecule has 112 valence electrons. The van der Waals surface area contributed by atoms with Crippen molar-refractivity contribution in [1.29, 1.82) is 0 Å². The van der Waals surface area contributed by atoms with E-state index in [-0.39, 0.29) is 0 Å². The van der Waals surface area contributed by atoms with E-state index in [4.69, 9.17) is 9.82 Å². The monoisotopic (exact) mass is 310 g/mol. The maximum atomic E-state index is 5.77. The molecule has 1 aromatic carbocycles. The van der Waals surface area contributed by atoms with Crippen molar-refractivity contribution in [1.82, 2.24) is 4.98 Å². The highest BCUT2D eigenvalue weighted by Crippen LogP contribution is 2.33. The van der Waals surface area contributed by atoms with E-state index >= 15 is 0 Å². The average Bonchev–Trinajstić information content (AvgIpc) is 3.07. The lowest BCUT2D eigenvalue weighted by atomic mass is 9.93. The molecule has 1 aliphatic carbocycles. The first-order valence-electron chi connectivity index (χ1n) is 7.72. The molecule has 0 saturated heterocycles. The summed E-state index contributed by atoms with van der Waals surface area (Å²) >= 11 is 1.71. The Morgan fingerprint density at radius 3 is 2.91 bits per heavy atom. The van der Waals surface area contributed by atoms with E-state index in [2.05, 4.69) is 35.1 Å². The van der Waals surface area contributed by atoms with Gasteiger partial charge in [-0.15, -0.1) is 11.3 Å². The van der Waals surface area contributed by atoms with Crippen molar-refractivity contribution in [3.63, 3.8) is 0 Å². The number of rotatable bonds is 4. The first-order chi connectivity index (χ1) is 10.9. The van der Waals surface area contributed by atoms with Gasteiger partial charge in [0.05, 0.1) is 11.2 Å². The summed E-state index contributed by atoms with van der Waals surface area (Å²) in [6.07, 6.45) is 4.61. The van der Waals surface area contributed by atoms with Crippen LogP contribution in [0.25, 0.3) is 10.9 Å². The van der Waals surface area contributed by atoms with Gasteiger partial charge in [0.1, 0.15) is 6.61 Å². The number of hydrogen-bond acceptors (Lipinski definition) is 4. The van der Waals surface area contributed by atoms with Gasteiger partial charge in [0.25, 0.3) is 0 Å². The lowest BCUT2D eigenvalue weighted by Gasteiger charge is -2.21. The third-order valence-corrected chi connectivity index (χ3v) is 4.99. The number of pyridine rings is 1. The lowest BCUT2D eigenvalue weighted by Crippen LogP contribution is -2.11. The lowest BCUT2D eigenvalue weighted by molar-refractivity contribution is 0.183. The highest BCUT2D eigenvalue weighted by Gasteiger charge is 2.18. The van der Waals surface area contributed by atoms with Gasteiger partial charge in [-0.1, -0.05) is 24.3 Å². The fourth-order valence-electron chi connectivity index (χ4n) is 3.06. The molecule has 3 aromatic rings. The van der Waals surface area contributed by atoms with Gasteiger partial charge < -0.3 is 0 Å². The van der Waals surface area contributed by atoms with Gasteiger partial charge >= 0.3 is 0 Å². The van der Waals surface area contributed by atoms with Crippen LogP contribution in [0.1, 0.15) is 29.0 Å². The Bertz CT molecular complexity index is 783. The summed E-state index contributed by atoms with van der Waals surface area (Å²) in [6.45, 7) is 0.586. The van der Waals surface area contributed by atoms with E-state index in [0.29, 0.717) is 6.61 Å². The van der Waals surface area contributed by atoms with Gasteiger partial charge in [0, 0.05) is 16.0 Å². The van der Waals surface area contributed by atoms with Crippen LogP contribution in [-0.4, -0.2) is 4.98 Å². The van der Waals surface area contributed by atoms with Crippen molar-refractivity contribution < 1.29 is 4.84 Å². The average molecular weight is 310 g/mol. The molecule has 22 heavy (non-hydrogen) atoms. The van der Waals surface area contributed by atoms with Crippen molar-refractivity contribution in [2.45, 2.75) is 32.3 Å². The third-order valence-electron chi connectivity index (χ3n) is 4.14. The zero-order valence-electron chi connectivity index (χ0n) is 12.3. The number of nitrogens with zero attached hydrogens (tertiary/aromatic N) is 1. The summed E-state index contributed by atoms with van der Waals surface area (Å²) in [4.78, 5) is 11.8. The molecule has 2 heterocycles. The van der Waals surface area contributed by atoms with Crippen molar-refractivity contribution in [3.8, 4) is 0 Å². The number of aryl methyl sites for hydroxylation is 1. The molecular weight excluding hydrogens is 292 g/mol. The normalized spacial score (nSPS) is 14.0. The molecule has 1 aliphatic rings. The number of aromatic nitrogens is 1. The molecule has 2 aromatic heterocycles. The minimum atomic E-state index is 0.586. The molecule has 3 nitrogen and oxygen atoms in total. The maximum Gasteiger partial charge on any atom is 0.109 e. The van der Waals surface area contributed by atoms with Crippen LogP contribution in [0.2, 0.25) is 0 Å². The molecule has 0 unspecified atom stereocenters. The standard InChI is InChI=1S/C18H18N2OS/c1-3-9-16-14(7-1)18(15-8-2-4-10-17(15)19-16)20-21-12-13-6-5-11-22-13/h1,3,5-7,9,11H,2,4,8,10,12H2,(H,19,20). The third kappa shape index (κ3) is 2.60. The van der Waals surface area contributed by atoms with Crippen LogP contribution in [0, 0.1) is 0 Å². The second kappa shape index (κ2) is 6.07. The molecule has 0 bridgehead atoms. The maximum absolute atomic E-state index is 5.77. The number of hydrogen-bond donors (Lipinski definition) is 1. The van der Waals surface area contributed by atoms with E-state index < -0.39 is 0 Å². The Morgan fingerprint density at radius 1 is 1.09 bits per heavy atom. The van der Waals surface area contributed by atoms with E-state index in [1.54, 1.807) is 11.3 Å². The predicted octanol–water partition coefficient (Wildman–Crippen LogP) is 4.72. The first-order valence-corrected chi connectivity index (χ1v) is 8.60. The van der Waals surface area contributed by atoms with Gasteiger partial charge in [-0.2, -0.15) is 0 Å². The highest BCUT2D eigenvalue weighted by molar-refractivity contribution is 7.09. The van der Waals surface area contributed by atoms with Crippen LogP contribution >= 0.6 is 11.3 Å². The Morgan fingerprint density at radius 2 is 2.00 bits per heavy atom. The molecular formula is C18H18N2OS. The number of nitrogens with one attached hydrogen (secondary N) is 1. The Kier molecular flexibility index (Phi) is 3.79. The molecule has 0 spiro atoms. The highest BCUT2D eigenvalue weighted by atomic mass is 32.1. The quantitative estimate of drug-likeness (QED) is 0.708. The minimum absolute atomic E-state index is 0.586. The number of fused-ring (bicyclic) bond motifs is 2. The van der Waals surface area contributed by atoms with E-state index in [1.807, 2.05) is 12.1 Å². The molecule has 0 radical (unpaired) electrons. The van der Waals surface area contributed by atoms with Crippen LogP contribution in [-0.2, 0) is 24.3 Å². The van der Waals surface area contributed by atoms with Crippen LogP contribution < -0.4 is 5.48 Å². The molecule has 4 rings (SSSR count). The van der Waals surface area contributed by atoms with Crippen molar-refractivity contribution in [2.24, 2.45) is 0 Å². The van der Waals surface area contributed by atoms with Crippen LogP contribution in [0.3, 0.4) is 0 Å². The van der Waals surface area contributed by atoms with E-state index in [0.717, 1.165) is 29.4 Å². The van der Waals surface area contributed by atoms with Crippen LogP contribution in [0.4, 0.5) is 5.69 Å². The summed E-state index contributed by atoms with van der Waals surface area (Å²) in [5, 5.41) is 3.22. The van der Waals surface area contributed by atoms with Gasteiger partial charge in [0.15, 0.2) is 0 Å². The molecule has 0 amide bonds. The number of para-hydroxylation sites is 1. The fraction of sp³-hybridized carbons (Fsp3) is 0.278. The minimum Gasteiger partial charge on any atom is -0.270 e. The van der Waals surface area contributed by atoms with Crippen molar-refractivity contribution in [2.75, 3.05) is 5.48 Å². The first kappa shape index (κ1) is 13.7. The molecule has 1 N–H and O–H groups in total. The molecule has 0 saturated carbocycles. The largest absolute Gasteiger partial charge is 0.270 e. The predicted molar refractivity (Wildman–Crippen MR) is 91.1 cm³/mol. The van der Waals surface area contributed by atoms with E-state index in [1.165, 1.54) is 29.0 Å². The van der Waals surface area contributed by atoms with Crippen molar-refractivity contribution >= 4 is 27.9 Å². The summed E-state index contributed by atoms with van der Waals surface area (Å²) in [5.41, 5.74) is 7.93. The summed E-state index contributed by atoms with van der Waals surface area (Å²) in [7, 11) is 0. The topological polar surface area (TPSA) is 34.1 Å². The van der Waals surface area contributed by atoms with E-state index in [9.17, 15) is 0 Å². The van der Waals surface area contributed by atoms with Gasteiger partial charge in [0.2, 0.25) is 0 Å². The van der Waals surface area contributed by atoms with Crippen LogP contribution in [0.5, 0.6) is 0 Å². The molecule has 0 fully saturated rings. The molecule has 0 aliphatic heterocycles. The second-order valence-corrected chi connectivity index (χ2v) is 6.64. The Balaban J connectivity index is 1.67. The number of benzene rings is 1. The number of anilines is 1. The van der Waals surface area contributed by atoms with Gasteiger partial charge in [-0.3, -0.25) is 15.3 Å². The molecule has 0 atom stereocenters. The second-order valence-electron chi connectivity index (χ2n) is 5.61. The molecule has 4 heteroatoms. The summed E-state index contributed by atoms with van der Waals surface area (Å²) < 4.78 is 0. The Labute approximate surface area is 133 Å².